The van der Waals surface area contributed by atoms with Gasteiger partial charge in [0.2, 0.25) is 0 Å². The van der Waals surface area contributed by atoms with Gasteiger partial charge in [0, 0.05) is 24.8 Å². The first-order chi connectivity index (χ1) is 21.9. The molecule has 0 N–H and O–H groups in total. The van der Waals surface area contributed by atoms with Crippen molar-refractivity contribution in [1.29, 1.82) is 0 Å². The Balaban J connectivity index is 1.60. The van der Waals surface area contributed by atoms with Crippen molar-refractivity contribution in [3.05, 3.63) is 52.6 Å². The van der Waals surface area contributed by atoms with Crippen LogP contribution in [0.4, 0.5) is 4.79 Å². The van der Waals surface area contributed by atoms with E-state index in [1.807, 2.05) is 4.90 Å². The van der Waals surface area contributed by atoms with Crippen LogP contribution in [0.5, 0.6) is 0 Å². The van der Waals surface area contributed by atoms with Gasteiger partial charge in [0.15, 0.2) is 6.23 Å². The van der Waals surface area contributed by atoms with Gasteiger partial charge >= 0.3 is 6.03 Å². The molecule has 3 saturated carbocycles. The third kappa shape index (κ3) is 6.54. The number of hydrogen-bond donors (Lipinski definition) is 0. The summed E-state index contributed by atoms with van der Waals surface area (Å²) in [6, 6.07) is 11.0. The zero-order valence-corrected chi connectivity index (χ0v) is 28.1. The number of rotatable bonds is 8. The Kier molecular flexibility index (Phi) is 10.2. The molecule has 244 valence electrons. The molecule has 1 aliphatic heterocycles. The molecule has 0 bridgehead atoms. The lowest BCUT2D eigenvalue weighted by atomic mass is 9.86. The van der Waals surface area contributed by atoms with E-state index in [4.69, 9.17) is 9.47 Å². The summed E-state index contributed by atoms with van der Waals surface area (Å²) in [5.74, 6) is 0.698. The summed E-state index contributed by atoms with van der Waals surface area (Å²) in [5, 5.41) is 2.34. The number of carbonyl (C=O) groups is 2. The molecule has 4 aliphatic rings. The minimum atomic E-state index is -0.774. The molecular formula is C39H54N2O4. The topological polar surface area (TPSA) is 59.1 Å². The van der Waals surface area contributed by atoms with E-state index in [9.17, 15) is 4.79 Å². The van der Waals surface area contributed by atoms with E-state index in [1.165, 1.54) is 29.4 Å². The molecule has 0 aromatic heterocycles. The third-order valence-electron chi connectivity index (χ3n) is 11.1. The molecule has 6 heteroatoms. The molecule has 2 aromatic rings. The van der Waals surface area contributed by atoms with E-state index in [-0.39, 0.29) is 36.0 Å². The van der Waals surface area contributed by atoms with Crippen LogP contribution in [0.2, 0.25) is 0 Å². The number of fused-ring (bicyclic) bond motifs is 1. The number of carbonyl (C=O) groups excluding carboxylic acids is 2. The Morgan fingerprint density at radius 3 is 2.07 bits per heavy atom. The van der Waals surface area contributed by atoms with E-state index < -0.39 is 6.23 Å². The first-order valence-corrected chi connectivity index (χ1v) is 18.0. The minimum Gasteiger partial charge on any atom is -0.489 e. The summed E-state index contributed by atoms with van der Waals surface area (Å²) in [6.07, 6.45) is 15.9. The number of amides is 3. The van der Waals surface area contributed by atoms with Crippen LogP contribution in [-0.4, -0.2) is 53.3 Å². The molecule has 3 amide bonds. The summed E-state index contributed by atoms with van der Waals surface area (Å²) >= 11 is 0. The van der Waals surface area contributed by atoms with E-state index >= 15 is 4.79 Å². The quantitative estimate of drug-likeness (QED) is 0.219. The van der Waals surface area contributed by atoms with Gasteiger partial charge in [0.1, 0.15) is 11.3 Å². The molecular weight excluding hydrogens is 560 g/mol. The predicted molar refractivity (Wildman–Crippen MR) is 181 cm³/mol. The maximum Gasteiger partial charge on any atom is 0.329 e. The fourth-order valence-corrected chi connectivity index (χ4v) is 8.38. The van der Waals surface area contributed by atoms with Gasteiger partial charge in [-0.05, 0) is 93.0 Å². The highest BCUT2D eigenvalue weighted by molar-refractivity contribution is 6.11. The molecule has 45 heavy (non-hydrogen) atoms. The fourth-order valence-electron chi connectivity index (χ4n) is 8.38. The molecule has 1 saturated heterocycles. The number of benzene rings is 2. The van der Waals surface area contributed by atoms with Gasteiger partial charge in [-0.15, -0.1) is 0 Å². The van der Waals surface area contributed by atoms with E-state index in [0.717, 1.165) is 101 Å². The Labute approximate surface area is 270 Å². The number of ether oxygens (including phenoxy) is 2. The van der Waals surface area contributed by atoms with Gasteiger partial charge in [0.05, 0.1) is 6.10 Å². The second kappa shape index (κ2) is 14.3. The van der Waals surface area contributed by atoms with Crippen LogP contribution in [0.3, 0.4) is 0 Å². The average molecular weight is 615 g/mol. The maximum absolute atomic E-state index is 15.0. The van der Waals surface area contributed by atoms with Crippen LogP contribution in [0.25, 0.3) is 16.5 Å². The van der Waals surface area contributed by atoms with Gasteiger partial charge in [-0.2, -0.15) is 0 Å². The highest BCUT2D eigenvalue weighted by atomic mass is 16.5. The van der Waals surface area contributed by atoms with Gasteiger partial charge in [-0.3, -0.25) is 14.6 Å². The van der Waals surface area contributed by atoms with Crippen molar-refractivity contribution in [2.45, 2.75) is 154 Å². The van der Waals surface area contributed by atoms with Gasteiger partial charge in [-0.1, -0.05) is 88.6 Å². The second-order valence-corrected chi connectivity index (χ2v) is 14.3. The molecule has 1 heterocycles. The van der Waals surface area contributed by atoms with Crippen molar-refractivity contribution in [1.82, 2.24) is 9.80 Å². The molecule has 6 rings (SSSR count). The number of urea groups is 1. The highest BCUT2D eigenvalue weighted by Gasteiger charge is 2.50. The van der Waals surface area contributed by atoms with Crippen molar-refractivity contribution in [2.24, 2.45) is 0 Å². The summed E-state index contributed by atoms with van der Waals surface area (Å²) in [4.78, 5) is 33.1. The highest BCUT2D eigenvalue weighted by Crippen LogP contribution is 2.42. The number of aryl methyl sites for hydroxylation is 1. The minimum absolute atomic E-state index is 0.0356. The lowest BCUT2D eigenvalue weighted by Crippen LogP contribution is -2.64. The molecule has 0 spiro atoms. The van der Waals surface area contributed by atoms with Crippen LogP contribution in [0.15, 0.2) is 35.9 Å². The van der Waals surface area contributed by atoms with Crippen molar-refractivity contribution in [2.75, 3.05) is 7.11 Å². The van der Waals surface area contributed by atoms with Crippen molar-refractivity contribution in [3.8, 4) is 0 Å². The first kappa shape index (κ1) is 32.1. The molecule has 2 unspecified atom stereocenters. The Bertz CT molecular complexity index is 1400. The third-order valence-corrected chi connectivity index (χ3v) is 11.1. The second-order valence-electron chi connectivity index (χ2n) is 14.3. The van der Waals surface area contributed by atoms with Gasteiger partial charge < -0.3 is 9.47 Å². The molecule has 3 aliphatic carbocycles. The molecule has 4 fully saturated rings. The normalized spacial score (nSPS) is 24.8. The van der Waals surface area contributed by atoms with E-state index in [2.05, 4.69) is 51.1 Å². The lowest BCUT2D eigenvalue weighted by Gasteiger charge is -2.48. The van der Waals surface area contributed by atoms with Crippen molar-refractivity contribution >= 4 is 28.5 Å². The largest absolute Gasteiger partial charge is 0.489 e. The number of methoxy groups -OCH3 is 1. The van der Waals surface area contributed by atoms with Gasteiger partial charge in [0.25, 0.3) is 5.91 Å². The standard InChI is InChI=1S/C39H54N2O4/c1-5-27(3)33-24-28-22-21-26(2)23-29(28)25-34(33)36(45-32-19-13-8-14-20-32)35-37(42)40(30-15-9-6-10-16-30)39(43)41(38(35)44-4)31-17-11-7-12-18-31/h21-25,27,30-32,38H,5-20H2,1-4H3/b36-35+. The maximum atomic E-state index is 15.0. The zero-order valence-electron chi connectivity index (χ0n) is 28.1. The van der Waals surface area contributed by atoms with E-state index in [1.54, 1.807) is 12.0 Å². The SMILES string of the molecule is CCC(C)c1cc2ccc(C)cc2cc1/C(OC1CCCCC1)=C1/C(=O)N(C2CCCCC2)C(=O)N(C2CCCCC2)C1OC. The lowest BCUT2D eigenvalue weighted by molar-refractivity contribution is -0.136. The monoisotopic (exact) mass is 614 g/mol. The van der Waals surface area contributed by atoms with Crippen LogP contribution in [-0.2, 0) is 14.3 Å². The number of nitrogens with zero attached hydrogens (tertiary/aromatic N) is 2. The Morgan fingerprint density at radius 1 is 0.822 bits per heavy atom. The van der Waals surface area contributed by atoms with Crippen LogP contribution >= 0.6 is 0 Å². The smallest absolute Gasteiger partial charge is 0.329 e. The number of hydrogen-bond acceptors (Lipinski definition) is 4. The summed E-state index contributed by atoms with van der Waals surface area (Å²) in [6.45, 7) is 6.62. The van der Waals surface area contributed by atoms with Crippen molar-refractivity contribution < 1.29 is 19.1 Å². The predicted octanol–water partition coefficient (Wildman–Crippen LogP) is 9.62. The first-order valence-electron chi connectivity index (χ1n) is 18.0. The zero-order chi connectivity index (χ0) is 31.5. The Morgan fingerprint density at radius 2 is 1.44 bits per heavy atom. The molecule has 6 nitrogen and oxygen atoms in total. The van der Waals surface area contributed by atoms with Crippen molar-refractivity contribution in [3.63, 3.8) is 0 Å². The van der Waals surface area contributed by atoms with Gasteiger partial charge in [-0.25, -0.2) is 4.79 Å². The summed E-state index contributed by atoms with van der Waals surface area (Å²) < 4.78 is 13.4. The Hall–Kier alpha value is -2.86. The molecule has 2 aromatic carbocycles. The average Bonchev–Trinajstić information content (AvgIpc) is 3.07. The molecule has 2 atom stereocenters. The summed E-state index contributed by atoms with van der Waals surface area (Å²) in [5.41, 5.74) is 3.91. The molecule has 0 radical (unpaired) electrons. The summed E-state index contributed by atoms with van der Waals surface area (Å²) in [7, 11) is 1.66. The van der Waals surface area contributed by atoms with E-state index in [0.29, 0.717) is 11.3 Å². The fraction of sp³-hybridized carbons (Fsp3) is 0.641. The van der Waals surface area contributed by atoms with Crippen LogP contribution < -0.4 is 0 Å². The number of imide groups is 1. The van der Waals surface area contributed by atoms with Crippen LogP contribution in [0, 0.1) is 6.92 Å². The van der Waals surface area contributed by atoms with Crippen LogP contribution in [0.1, 0.15) is 139 Å².